The lowest BCUT2D eigenvalue weighted by atomic mass is 9.98. The van der Waals surface area contributed by atoms with Crippen LogP contribution in [0.4, 0.5) is 0 Å². The summed E-state index contributed by atoms with van der Waals surface area (Å²) < 4.78 is 22.3. The summed E-state index contributed by atoms with van der Waals surface area (Å²) in [6, 6.07) is 11.4. The van der Waals surface area contributed by atoms with Gasteiger partial charge in [-0.2, -0.15) is 0 Å². The van der Waals surface area contributed by atoms with Crippen LogP contribution in [0.1, 0.15) is 59.9 Å². The van der Waals surface area contributed by atoms with E-state index in [0.717, 1.165) is 12.8 Å². The number of benzene rings is 2. The molecule has 1 heterocycles. The van der Waals surface area contributed by atoms with Crippen LogP contribution in [0.15, 0.2) is 42.5 Å². The first kappa shape index (κ1) is 26.2. The summed E-state index contributed by atoms with van der Waals surface area (Å²) in [5.74, 6) is -0.321. The average molecular weight is 484 g/mol. The molecule has 1 unspecified atom stereocenters. The number of morpholine rings is 1. The highest BCUT2D eigenvalue weighted by molar-refractivity contribution is 6.14. The molecule has 0 N–H and O–H groups in total. The van der Waals surface area contributed by atoms with Crippen LogP contribution in [0.2, 0.25) is 0 Å². The lowest BCUT2D eigenvalue weighted by molar-refractivity contribution is -0.141. The molecule has 8 nitrogen and oxygen atoms in total. The summed E-state index contributed by atoms with van der Waals surface area (Å²) >= 11 is 0. The van der Waals surface area contributed by atoms with Crippen molar-refractivity contribution in [2.24, 2.45) is 0 Å². The Morgan fingerprint density at radius 3 is 2.34 bits per heavy atom. The zero-order chi connectivity index (χ0) is 25.2. The number of nitrogens with zero attached hydrogens (tertiary/aromatic N) is 1. The van der Waals surface area contributed by atoms with Crippen LogP contribution in [-0.4, -0.2) is 68.2 Å². The zero-order valence-corrected chi connectivity index (χ0v) is 20.6. The molecule has 1 saturated heterocycles. The average Bonchev–Trinajstić information content (AvgIpc) is 2.88. The summed E-state index contributed by atoms with van der Waals surface area (Å²) in [5, 5.41) is 0. The molecule has 3 rings (SSSR count). The van der Waals surface area contributed by atoms with Crippen molar-refractivity contribution < 1.29 is 33.3 Å². The minimum atomic E-state index is -0.728. The van der Waals surface area contributed by atoms with E-state index in [1.165, 1.54) is 6.07 Å². The highest BCUT2D eigenvalue weighted by Crippen LogP contribution is 2.30. The third-order valence-corrected chi connectivity index (χ3v) is 5.44. The molecule has 1 aliphatic heterocycles. The molecule has 1 fully saturated rings. The van der Waals surface area contributed by atoms with Gasteiger partial charge in [-0.15, -0.1) is 0 Å². The summed E-state index contributed by atoms with van der Waals surface area (Å²) in [6.07, 6.45) is 1.59. The van der Waals surface area contributed by atoms with Gasteiger partial charge in [-0.3, -0.25) is 9.59 Å². The maximum absolute atomic E-state index is 13.4. The highest BCUT2D eigenvalue weighted by Gasteiger charge is 2.24. The van der Waals surface area contributed by atoms with Crippen molar-refractivity contribution in [1.82, 2.24) is 4.90 Å². The topological polar surface area (TPSA) is 91.4 Å². The molecule has 1 atom stereocenters. The maximum atomic E-state index is 13.4. The van der Waals surface area contributed by atoms with Crippen LogP contribution in [0.3, 0.4) is 0 Å². The Labute approximate surface area is 206 Å². The van der Waals surface area contributed by atoms with E-state index in [0.29, 0.717) is 50.0 Å². The van der Waals surface area contributed by atoms with Crippen LogP contribution in [0.25, 0.3) is 0 Å². The summed E-state index contributed by atoms with van der Waals surface area (Å²) in [6.45, 7) is 7.86. The van der Waals surface area contributed by atoms with Gasteiger partial charge in [-0.1, -0.05) is 32.0 Å². The summed E-state index contributed by atoms with van der Waals surface area (Å²) in [4.78, 5) is 40.2. The van der Waals surface area contributed by atoms with E-state index in [1.54, 1.807) is 41.3 Å². The Hall–Kier alpha value is -3.39. The molecule has 188 valence electrons. The number of rotatable bonds is 11. The molecule has 1 aliphatic rings. The SMILES string of the molecule is CCCOc1ccc(C(=O)c2ccccc2C(=O)OCC(=O)N2CCOC(C)C2)cc1OCCC. The second kappa shape index (κ2) is 12.9. The van der Waals surface area contributed by atoms with Crippen molar-refractivity contribution in [3.63, 3.8) is 0 Å². The van der Waals surface area contributed by atoms with Crippen LogP contribution in [-0.2, 0) is 14.3 Å². The fourth-order valence-corrected chi connectivity index (χ4v) is 3.66. The Kier molecular flexibility index (Phi) is 9.66. The smallest absolute Gasteiger partial charge is 0.339 e. The first-order valence-electron chi connectivity index (χ1n) is 12.0. The number of hydrogen-bond donors (Lipinski definition) is 0. The van der Waals surface area contributed by atoms with Gasteiger partial charge in [0.2, 0.25) is 0 Å². The standard InChI is InChI=1S/C27H33NO7/c1-4-13-33-23-11-10-20(16-24(23)34-14-5-2)26(30)21-8-6-7-9-22(21)27(31)35-18-25(29)28-12-15-32-19(3)17-28/h6-11,16,19H,4-5,12-15,17-18H2,1-3H3. The van der Waals surface area contributed by atoms with Gasteiger partial charge in [0.1, 0.15) is 0 Å². The molecule has 35 heavy (non-hydrogen) atoms. The molecule has 2 aromatic carbocycles. The summed E-state index contributed by atoms with van der Waals surface area (Å²) in [5.41, 5.74) is 0.648. The largest absolute Gasteiger partial charge is 0.490 e. The molecular weight excluding hydrogens is 450 g/mol. The molecule has 0 aromatic heterocycles. The third kappa shape index (κ3) is 7.05. The molecule has 0 aliphatic carbocycles. The summed E-state index contributed by atoms with van der Waals surface area (Å²) in [7, 11) is 0. The first-order valence-corrected chi connectivity index (χ1v) is 12.0. The van der Waals surface area contributed by atoms with E-state index < -0.39 is 12.6 Å². The second-order valence-corrected chi connectivity index (χ2v) is 8.33. The lowest BCUT2D eigenvalue weighted by Gasteiger charge is -2.30. The Bertz CT molecular complexity index is 1040. The van der Waals surface area contributed by atoms with Crippen LogP contribution >= 0.6 is 0 Å². The van der Waals surface area contributed by atoms with E-state index in [2.05, 4.69) is 0 Å². The molecule has 0 bridgehead atoms. The number of amides is 1. The van der Waals surface area contributed by atoms with Gasteiger partial charge in [0.05, 0.1) is 31.5 Å². The second-order valence-electron chi connectivity index (χ2n) is 8.33. The third-order valence-electron chi connectivity index (χ3n) is 5.44. The zero-order valence-electron chi connectivity index (χ0n) is 20.6. The van der Waals surface area contributed by atoms with Crippen molar-refractivity contribution in [2.75, 3.05) is 39.5 Å². The molecule has 0 saturated carbocycles. The lowest BCUT2D eigenvalue weighted by Crippen LogP contribution is -2.46. The van der Waals surface area contributed by atoms with Crippen LogP contribution < -0.4 is 9.47 Å². The predicted octanol–water partition coefficient (Wildman–Crippen LogP) is 3.90. The minimum Gasteiger partial charge on any atom is -0.490 e. The van der Waals surface area contributed by atoms with E-state index in [-0.39, 0.29) is 28.9 Å². The van der Waals surface area contributed by atoms with Crippen molar-refractivity contribution in [3.8, 4) is 11.5 Å². The molecule has 1 amide bonds. The molecule has 0 spiro atoms. The van der Waals surface area contributed by atoms with E-state index in [9.17, 15) is 14.4 Å². The molecule has 2 aromatic rings. The highest BCUT2D eigenvalue weighted by atomic mass is 16.5. The first-order chi connectivity index (χ1) is 16.9. The van der Waals surface area contributed by atoms with E-state index >= 15 is 0 Å². The van der Waals surface area contributed by atoms with Crippen LogP contribution in [0, 0.1) is 0 Å². The maximum Gasteiger partial charge on any atom is 0.339 e. The van der Waals surface area contributed by atoms with E-state index in [1.807, 2.05) is 20.8 Å². The monoisotopic (exact) mass is 483 g/mol. The van der Waals surface area contributed by atoms with Gasteiger partial charge < -0.3 is 23.8 Å². The van der Waals surface area contributed by atoms with Crippen molar-refractivity contribution in [3.05, 3.63) is 59.2 Å². The Balaban J connectivity index is 1.75. The number of hydrogen-bond acceptors (Lipinski definition) is 7. The fraction of sp³-hybridized carbons (Fsp3) is 0.444. The number of esters is 1. The van der Waals surface area contributed by atoms with Gasteiger partial charge >= 0.3 is 5.97 Å². The Morgan fingerprint density at radius 1 is 0.971 bits per heavy atom. The van der Waals surface area contributed by atoms with Gasteiger partial charge in [0.25, 0.3) is 5.91 Å². The molecular formula is C27H33NO7. The molecule has 8 heteroatoms. The number of ketones is 1. The van der Waals surface area contributed by atoms with Crippen molar-refractivity contribution in [2.45, 2.75) is 39.7 Å². The number of carbonyl (C=O) groups excluding carboxylic acids is 3. The Morgan fingerprint density at radius 2 is 1.66 bits per heavy atom. The van der Waals surface area contributed by atoms with Crippen molar-refractivity contribution in [1.29, 1.82) is 0 Å². The molecule has 0 radical (unpaired) electrons. The van der Waals surface area contributed by atoms with Gasteiger partial charge in [-0.25, -0.2) is 4.79 Å². The van der Waals surface area contributed by atoms with Crippen molar-refractivity contribution >= 4 is 17.7 Å². The minimum absolute atomic E-state index is 0.0632. The van der Waals surface area contributed by atoms with Crippen LogP contribution in [0.5, 0.6) is 11.5 Å². The van der Waals surface area contributed by atoms with Gasteiger partial charge in [-0.05, 0) is 44.0 Å². The fourth-order valence-electron chi connectivity index (χ4n) is 3.66. The quantitative estimate of drug-likeness (QED) is 0.354. The predicted molar refractivity (Wildman–Crippen MR) is 130 cm³/mol. The van der Waals surface area contributed by atoms with Gasteiger partial charge in [0, 0.05) is 24.2 Å². The van der Waals surface area contributed by atoms with Gasteiger partial charge in [0.15, 0.2) is 23.9 Å². The number of ether oxygens (including phenoxy) is 4. The number of carbonyl (C=O) groups is 3. The van der Waals surface area contributed by atoms with E-state index in [4.69, 9.17) is 18.9 Å². The normalized spacial score (nSPS) is 15.4.